The molecule has 3 aliphatic rings. The molecule has 32 heavy (non-hydrogen) atoms. The maximum Gasteiger partial charge on any atom is 0.240 e. The fourth-order valence-corrected chi connectivity index (χ4v) is 5.27. The first-order valence-corrected chi connectivity index (χ1v) is 10.6. The summed E-state index contributed by atoms with van der Waals surface area (Å²) in [7, 11) is 0. The van der Waals surface area contributed by atoms with Crippen molar-refractivity contribution < 1.29 is 14.4 Å². The number of Topliss-reactive ketones (excluding diaryl/α,β-unsaturated/α-hetero) is 1. The molecule has 3 heterocycles. The van der Waals surface area contributed by atoms with E-state index < -0.39 is 23.9 Å². The SMILES string of the molecule is O=C(c1ccccc1)[C@@H]1[C@@H]2C(=O)N(c3ccccc3)C(=O)[C@@H]2[C@H]2c3ccccc3C=NN12. The Bertz CT molecular complexity index is 1270. The molecule has 4 atom stereocenters. The third-order valence-electron chi connectivity index (χ3n) is 6.63. The number of hydrogen-bond donors (Lipinski definition) is 0. The first-order valence-electron chi connectivity index (χ1n) is 10.6. The van der Waals surface area contributed by atoms with E-state index in [1.165, 1.54) is 4.90 Å². The molecule has 3 aliphatic heterocycles. The molecule has 156 valence electrons. The number of carbonyl (C=O) groups excluding carboxylic acids is 3. The van der Waals surface area contributed by atoms with Crippen LogP contribution in [0.3, 0.4) is 0 Å². The van der Waals surface area contributed by atoms with Crippen molar-refractivity contribution >= 4 is 29.5 Å². The largest absolute Gasteiger partial charge is 0.292 e. The Balaban J connectivity index is 1.51. The number of anilines is 1. The van der Waals surface area contributed by atoms with E-state index in [4.69, 9.17) is 0 Å². The van der Waals surface area contributed by atoms with Gasteiger partial charge < -0.3 is 0 Å². The first-order chi connectivity index (χ1) is 15.7. The molecule has 0 aromatic heterocycles. The van der Waals surface area contributed by atoms with Gasteiger partial charge in [0.15, 0.2) is 5.78 Å². The zero-order valence-electron chi connectivity index (χ0n) is 17.0. The van der Waals surface area contributed by atoms with Crippen LogP contribution in [0.2, 0.25) is 0 Å². The van der Waals surface area contributed by atoms with Crippen LogP contribution in [0.4, 0.5) is 5.69 Å². The number of imide groups is 1. The Morgan fingerprint density at radius 2 is 1.38 bits per heavy atom. The summed E-state index contributed by atoms with van der Waals surface area (Å²) in [5, 5.41) is 6.26. The van der Waals surface area contributed by atoms with Gasteiger partial charge in [0.2, 0.25) is 11.8 Å². The predicted molar refractivity (Wildman–Crippen MR) is 119 cm³/mol. The molecular weight excluding hydrogens is 402 g/mol. The molecule has 0 aliphatic carbocycles. The Kier molecular flexibility index (Phi) is 4.08. The first kappa shape index (κ1) is 18.7. The van der Waals surface area contributed by atoms with E-state index in [0.717, 1.165) is 11.1 Å². The highest BCUT2D eigenvalue weighted by Gasteiger charge is 2.65. The van der Waals surface area contributed by atoms with Crippen LogP contribution in [-0.4, -0.2) is 34.9 Å². The van der Waals surface area contributed by atoms with Gasteiger partial charge >= 0.3 is 0 Å². The summed E-state index contributed by atoms with van der Waals surface area (Å²) in [5.41, 5.74) is 2.85. The van der Waals surface area contributed by atoms with Gasteiger partial charge in [0.25, 0.3) is 0 Å². The molecule has 0 saturated carbocycles. The lowest BCUT2D eigenvalue weighted by Gasteiger charge is -2.33. The number of rotatable bonds is 3. The summed E-state index contributed by atoms with van der Waals surface area (Å²) in [4.78, 5) is 42.3. The van der Waals surface area contributed by atoms with Crippen molar-refractivity contribution in [2.45, 2.75) is 12.1 Å². The zero-order chi connectivity index (χ0) is 21.8. The second kappa shape index (κ2) is 6.99. The molecule has 2 saturated heterocycles. The molecule has 3 aromatic carbocycles. The molecular formula is C26H19N3O3. The normalized spacial score (nSPS) is 25.5. The number of hydrazone groups is 1. The predicted octanol–water partition coefficient (Wildman–Crippen LogP) is 3.45. The topological polar surface area (TPSA) is 70.0 Å². The molecule has 6 rings (SSSR count). The summed E-state index contributed by atoms with van der Waals surface area (Å²) in [6.07, 6.45) is 1.71. The van der Waals surface area contributed by atoms with Crippen molar-refractivity contribution in [1.82, 2.24) is 5.01 Å². The highest BCUT2D eigenvalue weighted by atomic mass is 16.2. The second-order valence-corrected chi connectivity index (χ2v) is 8.27. The molecule has 6 heteroatoms. The number of fused-ring (bicyclic) bond motifs is 5. The summed E-state index contributed by atoms with van der Waals surface area (Å²) < 4.78 is 0. The summed E-state index contributed by atoms with van der Waals surface area (Å²) in [6, 6.07) is 24.2. The molecule has 0 unspecified atom stereocenters. The van der Waals surface area contributed by atoms with Crippen LogP contribution < -0.4 is 4.90 Å². The molecule has 0 N–H and O–H groups in total. The number of hydrogen-bond acceptors (Lipinski definition) is 5. The fraction of sp³-hybridized carbons (Fsp3) is 0.154. The minimum atomic E-state index is -0.845. The van der Waals surface area contributed by atoms with Crippen LogP contribution in [0, 0.1) is 11.8 Å². The van der Waals surface area contributed by atoms with Crippen molar-refractivity contribution in [3.05, 3.63) is 102 Å². The summed E-state index contributed by atoms with van der Waals surface area (Å²) >= 11 is 0. The zero-order valence-corrected chi connectivity index (χ0v) is 17.0. The van der Waals surface area contributed by atoms with E-state index >= 15 is 0 Å². The maximum absolute atomic E-state index is 13.7. The molecule has 0 radical (unpaired) electrons. The number of ketones is 1. The average molecular weight is 421 g/mol. The van der Waals surface area contributed by atoms with Gasteiger partial charge in [-0.05, 0) is 23.3 Å². The average Bonchev–Trinajstić information content (AvgIpc) is 3.32. The standard InChI is InChI=1S/C26H19N3O3/c30-24(16-9-3-1-4-10-16)23-21-20(22-19-14-8-7-11-17(19)15-27-29(22)23)25(31)28(26(21)32)18-12-5-2-6-13-18/h1-15,20-23H/t20-,21+,22+,23-/m0/s1. The summed E-state index contributed by atoms with van der Waals surface area (Å²) in [5.74, 6) is -2.31. The van der Waals surface area contributed by atoms with Gasteiger partial charge in [0.1, 0.15) is 6.04 Å². The Morgan fingerprint density at radius 3 is 2.12 bits per heavy atom. The lowest BCUT2D eigenvalue weighted by atomic mass is 9.83. The summed E-state index contributed by atoms with van der Waals surface area (Å²) in [6.45, 7) is 0. The third-order valence-corrected chi connectivity index (χ3v) is 6.63. The highest BCUT2D eigenvalue weighted by molar-refractivity contribution is 6.24. The van der Waals surface area contributed by atoms with E-state index in [0.29, 0.717) is 11.3 Å². The van der Waals surface area contributed by atoms with Crippen LogP contribution >= 0.6 is 0 Å². The fourth-order valence-electron chi connectivity index (χ4n) is 5.27. The maximum atomic E-state index is 13.7. The van der Waals surface area contributed by atoms with Crippen molar-refractivity contribution in [1.29, 1.82) is 0 Å². The van der Waals surface area contributed by atoms with E-state index in [-0.39, 0.29) is 17.6 Å². The molecule has 3 aromatic rings. The number of amides is 2. The van der Waals surface area contributed by atoms with Crippen molar-refractivity contribution in [2.24, 2.45) is 16.9 Å². The highest BCUT2D eigenvalue weighted by Crippen LogP contribution is 2.53. The van der Waals surface area contributed by atoms with Gasteiger partial charge in [0.05, 0.1) is 29.8 Å². The number of para-hydroxylation sites is 1. The molecule has 2 fully saturated rings. The van der Waals surface area contributed by atoms with Gasteiger partial charge in [-0.3, -0.25) is 19.4 Å². The number of nitrogens with zero attached hydrogens (tertiary/aromatic N) is 3. The van der Waals surface area contributed by atoms with Crippen molar-refractivity contribution in [2.75, 3.05) is 4.90 Å². The van der Waals surface area contributed by atoms with Gasteiger partial charge in [-0.25, -0.2) is 4.90 Å². The third kappa shape index (κ3) is 2.52. The van der Waals surface area contributed by atoms with Gasteiger partial charge in [-0.15, -0.1) is 0 Å². The Hall–Kier alpha value is -4.06. The monoisotopic (exact) mass is 421 g/mol. The second-order valence-electron chi connectivity index (χ2n) is 8.27. The van der Waals surface area contributed by atoms with Crippen LogP contribution in [0.5, 0.6) is 0 Å². The number of benzene rings is 3. The van der Waals surface area contributed by atoms with Gasteiger partial charge in [-0.1, -0.05) is 72.8 Å². The molecule has 0 bridgehead atoms. The number of carbonyl (C=O) groups is 3. The van der Waals surface area contributed by atoms with Crippen LogP contribution in [0.1, 0.15) is 27.5 Å². The smallest absolute Gasteiger partial charge is 0.240 e. The van der Waals surface area contributed by atoms with Crippen molar-refractivity contribution in [3.63, 3.8) is 0 Å². The van der Waals surface area contributed by atoms with Gasteiger partial charge in [0, 0.05) is 5.56 Å². The van der Waals surface area contributed by atoms with Crippen LogP contribution in [0.15, 0.2) is 90.0 Å². The lowest BCUT2D eigenvalue weighted by molar-refractivity contribution is -0.124. The van der Waals surface area contributed by atoms with E-state index in [2.05, 4.69) is 5.10 Å². The quantitative estimate of drug-likeness (QED) is 0.480. The Morgan fingerprint density at radius 1 is 0.750 bits per heavy atom. The molecule has 2 amide bonds. The molecule has 0 spiro atoms. The van der Waals surface area contributed by atoms with Crippen molar-refractivity contribution in [3.8, 4) is 0 Å². The minimum absolute atomic E-state index is 0.198. The van der Waals surface area contributed by atoms with Crippen LogP contribution in [0.25, 0.3) is 0 Å². The molecule has 6 nitrogen and oxygen atoms in total. The minimum Gasteiger partial charge on any atom is -0.292 e. The lowest BCUT2D eigenvalue weighted by Crippen LogP contribution is -2.44. The van der Waals surface area contributed by atoms with E-state index in [1.54, 1.807) is 59.8 Å². The Labute approximate surface area is 184 Å². The van der Waals surface area contributed by atoms with Crippen LogP contribution in [-0.2, 0) is 9.59 Å². The van der Waals surface area contributed by atoms with E-state index in [9.17, 15) is 14.4 Å². The van der Waals surface area contributed by atoms with E-state index in [1.807, 2.05) is 36.4 Å². The van der Waals surface area contributed by atoms with Gasteiger partial charge in [-0.2, -0.15) is 5.10 Å².